The molecule has 1 aromatic heterocycles. The largest absolute Gasteiger partial charge is 0.380 e. The van der Waals surface area contributed by atoms with Gasteiger partial charge in [0.25, 0.3) is 5.91 Å². The molecule has 2 aromatic carbocycles. The number of aromatic nitrogens is 3. The molecule has 128 valence electrons. The summed E-state index contributed by atoms with van der Waals surface area (Å²) in [7, 11) is 0. The van der Waals surface area contributed by atoms with Crippen molar-refractivity contribution in [2.75, 3.05) is 5.43 Å². The van der Waals surface area contributed by atoms with E-state index in [2.05, 4.69) is 15.6 Å². The summed E-state index contributed by atoms with van der Waals surface area (Å²) in [6, 6.07) is 17.5. The van der Waals surface area contributed by atoms with Gasteiger partial charge in [0.05, 0.1) is 0 Å². The Balaban J connectivity index is 1.84. The van der Waals surface area contributed by atoms with E-state index in [0.717, 1.165) is 0 Å². The van der Waals surface area contributed by atoms with E-state index in [9.17, 15) is 15.0 Å². The zero-order valence-electron chi connectivity index (χ0n) is 13.6. The second-order valence-corrected chi connectivity index (χ2v) is 5.54. The summed E-state index contributed by atoms with van der Waals surface area (Å²) in [5, 5.41) is 28.6. The monoisotopic (exact) mass is 338 g/mol. The highest BCUT2D eigenvalue weighted by Crippen LogP contribution is 2.20. The molecule has 3 rings (SSSR count). The predicted octanol–water partition coefficient (Wildman–Crippen LogP) is 1.47. The fraction of sp³-hybridized carbons (Fsp3) is 0.167. The summed E-state index contributed by atoms with van der Waals surface area (Å²) in [5.74, 6) is -0.0912. The number of amides is 1. The first-order valence-electron chi connectivity index (χ1n) is 7.76. The lowest BCUT2D eigenvalue weighted by atomic mass is 10.1. The van der Waals surface area contributed by atoms with E-state index in [0.29, 0.717) is 17.0 Å². The van der Waals surface area contributed by atoms with Crippen LogP contribution < -0.4 is 5.43 Å². The number of nitrogens with one attached hydrogen (secondary N) is 1. The van der Waals surface area contributed by atoms with Crippen LogP contribution in [0.3, 0.4) is 0 Å². The minimum Gasteiger partial charge on any atom is -0.380 e. The Labute approximate surface area is 144 Å². The van der Waals surface area contributed by atoms with Crippen molar-refractivity contribution in [3.63, 3.8) is 0 Å². The molecule has 25 heavy (non-hydrogen) atoms. The van der Waals surface area contributed by atoms with Crippen LogP contribution in [0.2, 0.25) is 0 Å². The molecule has 0 aliphatic carbocycles. The lowest BCUT2D eigenvalue weighted by Crippen LogP contribution is -2.31. The van der Waals surface area contributed by atoms with Crippen molar-refractivity contribution in [1.82, 2.24) is 14.9 Å². The van der Waals surface area contributed by atoms with Crippen molar-refractivity contribution >= 4 is 5.91 Å². The Hall–Kier alpha value is -3.03. The minimum absolute atomic E-state index is 0.164. The van der Waals surface area contributed by atoms with Crippen molar-refractivity contribution in [3.05, 3.63) is 83.4 Å². The summed E-state index contributed by atoms with van der Waals surface area (Å²) < 4.78 is 1.28. The zero-order chi connectivity index (χ0) is 17.8. The standard InChI is InChI=1S/C18H18N4O3/c1-12-19-20-17(15(23)13-8-4-2-5-9-13)22(12)21-18(25)16(24)14-10-6-3-7-11-14/h2-11,15-16,23-24H,1H3,(H,21,25). The fourth-order valence-corrected chi connectivity index (χ4v) is 2.44. The highest BCUT2D eigenvalue weighted by atomic mass is 16.3. The fourth-order valence-electron chi connectivity index (χ4n) is 2.44. The average molecular weight is 338 g/mol. The third kappa shape index (κ3) is 3.57. The number of carbonyl (C=O) groups is 1. The first-order valence-corrected chi connectivity index (χ1v) is 7.76. The van der Waals surface area contributed by atoms with Crippen LogP contribution in [0, 0.1) is 6.92 Å². The number of aryl methyl sites for hydroxylation is 1. The molecule has 0 aliphatic heterocycles. The van der Waals surface area contributed by atoms with Crippen LogP contribution in [0.25, 0.3) is 0 Å². The van der Waals surface area contributed by atoms with Crippen molar-refractivity contribution in [2.24, 2.45) is 0 Å². The molecule has 0 radical (unpaired) electrons. The van der Waals surface area contributed by atoms with Gasteiger partial charge in [0.2, 0.25) is 0 Å². The van der Waals surface area contributed by atoms with Gasteiger partial charge in [0.15, 0.2) is 11.9 Å². The van der Waals surface area contributed by atoms with Crippen LogP contribution in [0.1, 0.15) is 35.0 Å². The third-order valence-electron chi connectivity index (χ3n) is 3.80. The molecule has 1 amide bonds. The molecule has 0 aliphatic rings. The lowest BCUT2D eigenvalue weighted by Gasteiger charge is -2.16. The molecule has 0 bridgehead atoms. The maximum absolute atomic E-state index is 12.4. The van der Waals surface area contributed by atoms with Crippen LogP contribution in [0.5, 0.6) is 0 Å². The Morgan fingerprint density at radius 3 is 2.12 bits per heavy atom. The van der Waals surface area contributed by atoms with E-state index in [1.54, 1.807) is 61.5 Å². The van der Waals surface area contributed by atoms with Gasteiger partial charge in [-0.15, -0.1) is 10.2 Å². The predicted molar refractivity (Wildman–Crippen MR) is 91.0 cm³/mol. The number of carbonyl (C=O) groups excluding carboxylic acids is 1. The SMILES string of the molecule is Cc1nnc(C(O)c2ccccc2)n1NC(=O)C(O)c1ccccc1. The van der Waals surface area contributed by atoms with Gasteiger partial charge >= 0.3 is 0 Å². The van der Waals surface area contributed by atoms with Crippen molar-refractivity contribution in [2.45, 2.75) is 19.1 Å². The van der Waals surface area contributed by atoms with E-state index in [1.807, 2.05) is 6.07 Å². The molecule has 3 aromatic rings. The van der Waals surface area contributed by atoms with E-state index in [1.165, 1.54) is 4.68 Å². The highest BCUT2D eigenvalue weighted by Gasteiger charge is 2.23. The number of nitrogens with zero attached hydrogens (tertiary/aromatic N) is 3. The van der Waals surface area contributed by atoms with Gasteiger partial charge in [-0.25, -0.2) is 4.68 Å². The number of hydrogen-bond donors (Lipinski definition) is 3. The van der Waals surface area contributed by atoms with Crippen LogP contribution in [-0.2, 0) is 4.79 Å². The number of aliphatic hydroxyl groups is 2. The van der Waals surface area contributed by atoms with Gasteiger partial charge in [-0.2, -0.15) is 0 Å². The van der Waals surface area contributed by atoms with Gasteiger partial charge in [0, 0.05) is 0 Å². The van der Waals surface area contributed by atoms with E-state index < -0.39 is 18.1 Å². The number of aliphatic hydroxyl groups excluding tert-OH is 2. The molecule has 0 spiro atoms. The van der Waals surface area contributed by atoms with Crippen molar-refractivity contribution in [3.8, 4) is 0 Å². The van der Waals surface area contributed by atoms with Crippen LogP contribution in [-0.4, -0.2) is 31.0 Å². The smallest absolute Gasteiger partial charge is 0.272 e. The van der Waals surface area contributed by atoms with E-state index in [-0.39, 0.29) is 5.82 Å². The minimum atomic E-state index is -1.34. The number of hydrogen-bond acceptors (Lipinski definition) is 5. The second-order valence-electron chi connectivity index (χ2n) is 5.54. The molecule has 7 heteroatoms. The van der Waals surface area contributed by atoms with Crippen LogP contribution >= 0.6 is 0 Å². The first kappa shape index (κ1) is 16.8. The maximum atomic E-state index is 12.4. The zero-order valence-corrected chi connectivity index (χ0v) is 13.6. The summed E-state index contributed by atoms with van der Waals surface area (Å²) in [6.07, 6.45) is -2.40. The molecule has 7 nitrogen and oxygen atoms in total. The normalized spacial score (nSPS) is 13.2. The first-order chi connectivity index (χ1) is 12.1. The molecule has 0 saturated carbocycles. The summed E-state index contributed by atoms with van der Waals surface area (Å²) in [6.45, 7) is 1.64. The Kier molecular flexibility index (Phi) is 4.87. The molecule has 2 unspecified atom stereocenters. The second kappa shape index (κ2) is 7.25. The van der Waals surface area contributed by atoms with Gasteiger partial charge in [-0.3, -0.25) is 10.2 Å². The van der Waals surface area contributed by atoms with Crippen molar-refractivity contribution in [1.29, 1.82) is 0 Å². The number of benzene rings is 2. The average Bonchev–Trinajstić information content (AvgIpc) is 3.02. The highest BCUT2D eigenvalue weighted by molar-refractivity contribution is 5.88. The molecule has 0 saturated heterocycles. The summed E-state index contributed by atoms with van der Waals surface area (Å²) >= 11 is 0. The Morgan fingerprint density at radius 1 is 0.960 bits per heavy atom. The molecule has 3 N–H and O–H groups in total. The quantitative estimate of drug-likeness (QED) is 0.654. The Morgan fingerprint density at radius 2 is 1.52 bits per heavy atom. The van der Waals surface area contributed by atoms with E-state index in [4.69, 9.17) is 0 Å². The topological polar surface area (TPSA) is 100 Å². The maximum Gasteiger partial charge on any atom is 0.272 e. The van der Waals surface area contributed by atoms with E-state index >= 15 is 0 Å². The molecular weight excluding hydrogens is 320 g/mol. The van der Waals surface area contributed by atoms with Gasteiger partial charge in [-0.1, -0.05) is 60.7 Å². The van der Waals surface area contributed by atoms with Crippen molar-refractivity contribution < 1.29 is 15.0 Å². The van der Waals surface area contributed by atoms with Crippen LogP contribution in [0.15, 0.2) is 60.7 Å². The van der Waals surface area contributed by atoms with Gasteiger partial charge < -0.3 is 10.2 Å². The summed E-state index contributed by atoms with van der Waals surface area (Å²) in [5.41, 5.74) is 3.64. The molecule has 0 fully saturated rings. The van der Waals surface area contributed by atoms with Gasteiger partial charge in [0.1, 0.15) is 11.9 Å². The van der Waals surface area contributed by atoms with Gasteiger partial charge in [-0.05, 0) is 18.1 Å². The summed E-state index contributed by atoms with van der Waals surface area (Å²) in [4.78, 5) is 12.4. The molecular formula is C18H18N4O3. The lowest BCUT2D eigenvalue weighted by molar-refractivity contribution is -0.125. The third-order valence-corrected chi connectivity index (χ3v) is 3.80. The van der Waals surface area contributed by atoms with Crippen LogP contribution in [0.4, 0.5) is 0 Å². The molecule has 2 atom stereocenters. The molecule has 1 heterocycles. The number of rotatable bonds is 5. The Bertz CT molecular complexity index is 849.